The number of hydrogen-bond acceptors (Lipinski definition) is 4. The third-order valence-corrected chi connectivity index (χ3v) is 6.41. The van der Waals surface area contributed by atoms with Crippen LogP contribution in [0.25, 0.3) is 10.1 Å². The molecule has 1 saturated heterocycles. The first-order chi connectivity index (χ1) is 13.6. The minimum absolute atomic E-state index is 0.294. The smallest absolute Gasteiger partial charge is 0.190 e. The summed E-state index contributed by atoms with van der Waals surface area (Å²) in [5, 5.41) is 3.44. The zero-order chi connectivity index (χ0) is 19.5. The van der Waals surface area contributed by atoms with E-state index in [1.807, 2.05) is 0 Å². The van der Waals surface area contributed by atoms with Gasteiger partial charge in [-0.2, -0.15) is 0 Å². The van der Waals surface area contributed by atoms with Crippen LogP contribution in [0.4, 0.5) is 14.5 Å². The first kappa shape index (κ1) is 19.6. The molecule has 28 heavy (non-hydrogen) atoms. The van der Waals surface area contributed by atoms with E-state index < -0.39 is 11.6 Å². The lowest BCUT2D eigenvalue weighted by Crippen LogP contribution is -2.46. The van der Waals surface area contributed by atoms with E-state index in [1.165, 1.54) is 27.9 Å². The van der Waals surface area contributed by atoms with Crippen molar-refractivity contribution >= 4 is 43.0 Å². The number of rotatable bonds is 6. The average Bonchev–Trinajstić information content (AvgIpc) is 3.16. The van der Waals surface area contributed by atoms with Crippen molar-refractivity contribution in [2.75, 3.05) is 44.2 Å². The monoisotopic (exact) mass is 466 g/mol. The maximum absolute atomic E-state index is 13.8. The van der Waals surface area contributed by atoms with E-state index in [9.17, 15) is 8.78 Å². The molecule has 0 N–H and O–H groups in total. The number of benzene rings is 2. The zero-order valence-corrected chi connectivity index (χ0v) is 17.7. The number of halogens is 3. The predicted molar refractivity (Wildman–Crippen MR) is 115 cm³/mol. The number of anilines is 1. The van der Waals surface area contributed by atoms with Crippen LogP contribution in [0, 0.1) is 11.6 Å². The summed E-state index contributed by atoms with van der Waals surface area (Å²) in [6.07, 6.45) is 0.732. The third-order valence-electron chi connectivity index (χ3n) is 5.00. The molecule has 0 amide bonds. The highest BCUT2D eigenvalue weighted by Crippen LogP contribution is 2.32. The molecular formula is C21H21BrF2N2OS. The van der Waals surface area contributed by atoms with Crippen LogP contribution in [0.2, 0.25) is 0 Å². The Labute approximate surface area is 175 Å². The molecule has 4 rings (SSSR count). The van der Waals surface area contributed by atoms with Gasteiger partial charge in [-0.25, -0.2) is 8.78 Å². The Morgan fingerprint density at radius 2 is 1.79 bits per heavy atom. The van der Waals surface area contributed by atoms with Gasteiger partial charge in [-0.1, -0.05) is 28.1 Å². The zero-order valence-electron chi connectivity index (χ0n) is 15.3. The van der Waals surface area contributed by atoms with E-state index in [0.717, 1.165) is 39.1 Å². The van der Waals surface area contributed by atoms with Crippen LogP contribution in [-0.4, -0.2) is 44.2 Å². The normalized spacial score (nSPS) is 15.3. The average molecular weight is 467 g/mol. The number of hydrogen-bond donors (Lipinski definition) is 0. The summed E-state index contributed by atoms with van der Waals surface area (Å²) in [5.41, 5.74) is 1.32. The van der Waals surface area contributed by atoms with Crippen LogP contribution >= 0.6 is 27.3 Å². The summed E-state index contributed by atoms with van der Waals surface area (Å²) in [7, 11) is 0. The fourth-order valence-electron chi connectivity index (χ4n) is 3.57. The highest BCUT2D eigenvalue weighted by molar-refractivity contribution is 9.10. The van der Waals surface area contributed by atoms with E-state index in [0.29, 0.717) is 11.1 Å². The van der Waals surface area contributed by atoms with Crippen molar-refractivity contribution in [2.24, 2.45) is 0 Å². The minimum Gasteiger partial charge on any atom is -0.488 e. The van der Waals surface area contributed by atoms with Gasteiger partial charge >= 0.3 is 0 Å². The predicted octanol–water partition coefficient (Wildman–Crippen LogP) is 5.53. The van der Waals surface area contributed by atoms with Gasteiger partial charge in [0, 0.05) is 37.2 Å². The molecule has 3 nitrogen and oxygen atoms in total. The molecule has 0 bridgehead atoms. The number of thiophene rings is 1. The van der Waals surface area contributed by atoms with E-state index in [1.54, 1.807) is 11.3 Å². The molecule has 1 aliphatic heterocycles. The van der Waals surface area contributed by atoms with E-state index >= 15 is 0 Å². The first-order valence-electron chi connectivity index (χ1n) is 9.33. The van der Waals surface area contributed by atoms with Crippen molar-refractivity contribution < 1.29 is 13.5 Å². The lowest BCUT2D eigenvalue weighted by atomic mass is 10.2. The van der Waals surface area contributed by atoms with Crippen LogP contribution < -0.4 is 9.64 Å². The Morgan fingerprint density at radius 1 is 1.04 bits per heavy atom. The molecule has 2 aromatic carbocycles. The van der Waals surface area contributed by atoms with Gasteiger partial charge in [-0.15, -0.1) is 11.3 Å². The quantitative estimate of drug-likeness (QED) is 0.444. The second-order valence-electron chi connectivity index (χ2n) is 6.85. The molecule has 0 spiro atoms. The second-order valence-corrected chi connectivity index (χ2v) is 8.68. The van der Waals surface area contributed by atoms with Crippen LogP contribution in [-0.2, 0) is 0 Å². The molecule has 0 saturated carbocycles. The summed E-state index contributed by atoms with van der Waals surface area (Å²) in [6, 6.07) is 11.1. The molecule has 1 aromatic heterocycles. The van der Waals surface area contributed by atoms with Crippen molar-refractivity contribution in [3.63, 3.8) is 0 Å². The molecule has 0 atom stereocenters. The first-order valence-corrected chi connectivity index (χ1v) is 11.0. The molecule has 1 fully saturated rings. The van der Waals surface area contributed by atoms with Crippen molar-refractivity contribution in [3.8, 4) is 5.75 Å². The molecule has 148 valence electrons. The van der Waals surface area contributed by atoms with E-state index in [2.05, 4.69) is 55.4 Å². The van der Waals surface area contributed by atoms with Gasteiger partial charge in [0.15, 0.2) is 17.4 Å². The third kappa shape index (κ3) is 4.31. The summed E-state index contributed by atoms with van der Waals surface area (Å²) >= 11 is 4.86. The standard InChI is InChI=1S/C21H21BrF2N2OS/c22-16-13-17(23)20(18(24)14-16)27-11-2-6-25-7-9-26(10-8-25)19-4-1-3-15-5-12-28-21(15)19/h1,3-5,12-14H,2,6-11H2. The summed E-state index contributed by atoms with van der Waals surface area (Å²) < 4.78 is 34.6. The number of ether oxygens (including phenoxy) is 1. The Morgan fingerprint density at radius 3 is 2.54 bits per heavy atom. The molecular weight excluding hydrogens is 446 g/mol. The number of piperazine rings is 1. The van der Waals surface area contributed by atoms with Crippen molar-refractivity contribution in [3.05, 3.63) is 57.9 Å². The van der Waals surface area contributed by atoms with Crippen LogP contribution in [0.1, 0.15) is 6.42 Å². The molecule has 3 aromatic rings. The minimum atomic E-state index is -0.678. The second kappa shape index (κ2) is 8.76. The van der Waals surface area contributed by atoms with E-state index in [-0.39, 0.29) is 5.75 Å². The molecule has 1 aliphatic rings. The molecule has 0 unspecified atom stereocenters. The van der Waals surface area contributed by atoms with Gasteiger partial charge in [-0.3, -0.25) is 4.90 Å². The van der Waals surface area contributed by atoms with Crippen LogP contribution in [0.15, 0.2) is 46.3 Å². The van der Waals surface area contributed by atoms with Crippen molar-refractivity contribution in [2.45, 2.75) is 6.42 Å². The lowest BCUT2D eigenvalue weighted by molar-refractivity contribution is 0.217. The van der Waals surface area contributed by atoms with Gasteiger partial charge < -0.3 is 9.64 Å². The Balaban J connectivity index is 1.25. The molecule has 2 heterocycles. The Bertz CT molecular complexity index is 933. The van der Waals surface area contributed by atoms with Gasteiger partial charge in [0.05, 0.1) is 17.0 Å². The van der Waals surface area contributed by atoms with E-state index in [4.69, 9.17) is 4.74 Å². The summed E-state index contributed by atoms with van der Waals surface area (Å²) in [6.45, 7) is 5.06. The fourth-order valence-corrected chi connectivity index (χ4v) is 4.91. The molecule has 0 aliphatic carbocycles. The summed E-state index contributed by atoms with van der Waals surface area (Å²) in [5.74, 6) is -1.65. The van der Waals surface area contributed by atoms with Crippen LogP contribution in [0.3, 0.4) is 0 Å². The highest BCUT2D eigenvalue weighted by Gasteiger charge is 2.19. The lowest BCUT2D eigenvalue weighted by Gasteiger charge is -2.36. The molecule has 7 heteroatoms. The molecule has 0 radical (unpaired) electrons. The maximum Gasteiger partial charge on any atom is 0.190 e. The number of nitrogens with zero attached hydrogens (tertiary/aromatic N) is 2. The van der Waals surface area contributed by atoms with Gasteiger partial charge in [0.2, 0.25) is 0 Å². The topological polar surface area (TPSA) is 15.7 Å². The van der Waals surface area contributed by atoms with Gasteiger partial charge in [0.25, 0.3) is 0 Å². The highest BCUT2D eigenvalue weighted by atomic mass is 79.9. The SMILES string of the molecule is Fc1cc(Br)cc(F)c1OCCCN1CCN(c2cccc3ccsc23)CC1. The fraction of sp³-hybridized carbons (Fsp3) is 0.333. The van der Waals surface area contributed by atoms with Gasteiger partial charge in [-0.05, 0) is 41.5 Å². The van der Waals surface area contributed by atoms with Crippen molar-refractivity contribution in [1.29, 1.82) is 0 Å². The Hall–Kier alpha value is -1.70. The van der Waals surface area contributed by atoms with Crippen molar-refractivity contribution in [1.82, 2.24) is 4.90 Å². The van der Waals surface area contributed by atoms with Crippen LogP contribution in [0.5, 0.6) is 5.75 Å². The Kier molecular flexibility index (Phi) is 6.13. The number of fused-ring (bicyclic) bond motifs is 1. The van der Waals surface area contributed by atoms with Gasteiger partial charge in [0.1, 0.15) is 0 Å². The maximum atomic E-state index is 13.8. The largest absolute Gasteiger partial charge is 0.488 e. The summed E-state index contributed by atoms with van der Waals surface area (Å²) in [4.78, 5) is 4.82.